The Morgan fingerprint density at radius 3 is 2.19 bits per heavy atom. The lowest BCUT2D eigenvalue weighted by molar-refractivity contribution is -0.0513. The molecule has 1 aromatic rings. The Kier molecular flexibility index (Phi) is 3.29. The molecule has 1 unspecified atom stereocenters. The molecule has 16 heavy (non-hydrogen) atoms. The number of benzene rings is 1. The fourth-order valence-electron chi connectivity index (χ4n) is 1.52. The number of methoxy groups -OCH3 is 1. The van der Waals surface area contributed by atoms with Crippen molar-refractivity contribution < 1.29 is 14.2 Å². The van der Waals surface area contributed by atoms with Gasteiger partial charge >= 0.3 is 0 Å². The van der Waals surface area contributed by atoms with E-state index in [4.69, 9.17) is 4.74 Å². The largest absolute Gasteiger partial charge is 0.496 e. The lowest BCUT2D eigenvalue weighted by Gasteiger charge is -2.38. The van der Waals surface area contributed by atoms with Crippen LogP contribution in [-0.4, -0.2) is 12.2 Å². The van der Waals surface area contributed by atoms with Crippen LogP contribution in [-0.2, 0) is 5.60 Å². The van der Waals surface area contributed by atoms with E-state index >= 15 is 0 Å². The molecule has 0 fully saturated rings. The van der Waals surface area contributed by atoms with E-state index in [1.54, 1.807) is 19.1 Å². The molecule has 1 N–H and O–H groups in total. The molecule has 1 rings (SSSR count). The van der Waals surface area contributed by atoms with Crippen LogP contribution >= 0.6 is 0 Å². The monoisotopic (exact) mass is 226 g/mol. The number of rotatable bonds is 2. The van der Waals surface area contributed by atoms with Crippen LogP contribution in [0, 0.1) is 11.2 Å². The van der Waals surface area contributed by atoms with E-state index in [1.165, 1.54) is 13.2 Å². The predicted octanol–water partition coefficient (Wildman–Crippen LogP) is 3.09. The molecule has 0 aliphatic heterocycles. The zero-order valence-corrected chi connectivity index (χ0v) is 10.5. The maximum Gasteiger partial charge on any atom is 0.133 e. The van der Waals surface area contributed by atoms with Gasteiger partial charge in [-0.1, -0.05) is 26.8 Å². The van der Waals surface area contributed by atoms with Crippen molar-refractivity contribution in [3.63, 3.8) is 0 Å². The Bertz CT molecular complexity index is 378. The number of ether oxygens (including phenoxy) is 1. The summed E-state index contributed by atoms with van der Waals surface area (Å²) in [4.78, 5) is 0. The molecule has 0 radical (unpaired) electrons. The van der Waals surface area contributed by atoms with Gasteiger partial charge < -0.3 is 9.84 Å². The molecule has 0 bridgehead atoms. The van der Waals surface area contributed by atoms with Gasteiger partial charge in [-0.05, 0) is 24.5 Å². The smallest absolute Gasteiger partial charge is 0.133 e. The van der Waals surface area contributed by atoms with E-state index in [9.17, 15) is 9.50 Å². The molecular formula is C13H19FO2. The highest BCUT2D eigenvalue weighted by atomic mass is 19.1. The lowest BCUT2D eigenvalue weighted by atomic mass is 9.73. The van der Waals surface area contributed by atoms with Crippen LogP contribution in [0.4, 0.5) is 4.39 Å². The van der Waals surface area contributed by atoms with Crippen molar-refractivity contribution in [2.45, 2.75) is 33.3 Å². The first-order valence-electron chi connectivity index (χ1n) is 5.27. The van der Waals surface area contributed by atoms with E-state index in [-0.39, 0.29) is 5.56 Å². The summed E-state index contributed by atoms with van der Waals surface area (Å²) in [5.74, 6) is -0.0702. The number of aliphatic hydroxyl groups is 1. The van der Waals surface area contributed by atoms with Gasteiger partial charge in [0.1, 0.15) is 11.6 Å². The molecular weight excluding hydrogens is 207 g/mol. The maximum absolute atomic E-state index is 13.8. The highest BCUT2D eigenvalue weighted by molar-refractivity contribution is 5.39. The maximum atomic E-state index is 13.8. The van der Waals surface area contributed by atoms with Gasteiger partial charge in [0, 0.05) is 0 Å². The van der Waals surface area contributed by atoms with Crippen LogP contribution in [0.25, 0.3) is 0 Å². The zero-order chi connectivity index (χ0) is 12.6. The van der Waals surface area contributed by atoms with Crippen molar-refractivity contribution in [1.82, 2.24) is 0 Å². The van der Waals surface area contributed by atoms with E-state index in [0.717, 1.165) is 0 Å². The van der Waals surface area contributed by atoms with Crippen LogP contribution in [0.1, 0.15) is 33.3 Å². The third-order valence-corrected chi connectivity index (χ3v) is 3.14. The van der Waals surface area contributed by atoms with Gasteiger partial charge in [-0.15, -0.1) is 0 Å². The minimum atomic E-state index is -1.29. The molecule has 3 heteroatoms. The molecule has 0 saturated carbocycles. The van der Waals surface area contributed by atoms with Crippen molar-refractivity contribution >= 4 is 0 Å². The average molecular weight is 226 g/mol. The molecule has 0 saturated heterocycles. The van der Waals surface area contributed by atoms with Gasteiger partial charge in [0.2, 0.25) is 0 Å². The molecule has 0 aliphatic carbocycles. The van der Waals surface area contributed by atoms with Gasteiger partial charge in [-0.2, -0.15) is 0 Å². The Morgan fingerprint density at radius 1 is 1.19 bits per heavy atom. The second-order valence-corrected chi connectivity index (χ2v) is 5.14. The summed E-state index contributed by atoms with van der Waals surface area (Å²) in [7, 11) is 1.47. The highest BCUT2D eigenvalue weighted by Gasteiger charge is 2.41. The van der Waals surface area contributed by atoms with E-state index < -0.39 is 16.8 Å². The van der Waals surface area contributed by atoms with E-state index in [0.29, 0.717) is 5.75 Å². The average Bonchev–Trinajstić information content (AvgIpc) is 2.15. The summed E-state index contributed by atoms with van der Waals surface area (Å²) >= 11 is 0. The van der Waals surface area contributed by atoms with E-state index in [1.807, 2.05) is 20.8 Å². The standard InChI is InChI=1S/C13H19FO2/c1-12(2,3)13(4,15)11-9(14)7-6-8-10(11)16-5/h6-8,15H,1-5H3. The molecule has 0 amide bonds. The first-order valence-corrected chi connectivity index (χ1v) is 5.27. The summed E-state index contributed by atoms with van der Waals surface area (Å²) in [6.07, 6.45) is 0. The van der Waals surface area contributed by atoms with Crippen molar-refractivity contribution in [2.24, 2.45) is 5.41 Å². The Labute approximate surface area is 96.1 Å². The molecule has 0 heterocycles. The van der Waals surface area contributed by atoms with Gasteiger partial charge in [0.05, 0.1) is 18.3 Å². The quantitative estimate of drug-likeness (QED) is 0.839. The summed E-state index contributed by atoms with van der Waals surface area (Å²) in [6.45, 7) is 7.19. The van der Waals surface area contributed by atoms with Crippen LogP contribution in [0.15, 0.2) is 18.2 Å². The molecule has 0 aromatic heterocycles. The number of hydrogen-bond donors (Lipinski definition) is 1. The number of hydrogen-bond acceptors (Lipinski definition) is 2. The van der Waals surface area contributed by atoms with Crippen molar-refractivity contribution in [2.75, 3.05) is 7.11 Å². The molecule has 1 atom stereocenters. The third kappa shape index (κ3) is 2.05. The first kappa shape index (κ1) is 13.0. The molecule has 2 nitrogen and oxygen atoms in total. The Morgan fingerprint density at radius 2 is 1.75 bits per heavy atom. The second-order valence-electron chi connectivity index (χ2n) is 5.14. The van der Waals surface area contributed by atoms with Crippen molar-refractivity contribution in [1.29, 1.82) is 0 Å². The Balaban J connectivity index is 3.43. The predicted molar refractivity (Wildman–Crippen MR) is 62.0 cm³/mol. The van der Waals surface area contributed by atoms with Crippen LogP contribution in [0.5, 0.6) is 5.75 Å². The van der Waals surface area contributed by atoms with Gasteiger partial charge in [0.15, 0.2) is 0 Å². The Hall–Kier alpha value is -1.09. The molecule has 90 valence electrons. The van der Waals surface area contributed by atoms with Crippen molar-refractivity contribution in [3.8, 4) is 5.75 Å². The summed E-state index contributed by atoms with van der Waals surface area (Å²) in [5.41, 5.74) is -1.56. The van der Waals surface area contributed by atoms with Gasteiger partial charge in [-0.25, -0.2) is 4.39 Å². The summed E-state index contributed by atoms with van der Waals surface area (Å²) < 4.78 is 18.9. The topological polar surface area (TPSA) is 29.5 Å². The molecule has 0 aliphatic rings. The summed E-state index contributed by atoms with van der Waals surface area (Å²) in [5, 5.41) is 10.5. The minimum Gasteiger partial charge on any atom is -0.496 e. The SMILES string of the molecule is COc1cccc(F)c1C(C)(O)C(C)(C)C. The van der Waals surface area contributed by atoms with Gasteiger partial charge in [0.25, 0.3) is 0 Å². The summed E-state index contributed by atoms with van der Waals surface area (Å²) in [6, 6.07) is 4.55. The van der Waals surface area contributed by atoms with Crippen LogP contribution < -0.4 is 4.74 Å². The zero-order valence-electron chi connectivity index (χ0n) is 10.5. The fourth-order valence-corrected chi connectivity index (χ4v) is 1.52. The minimum absolute atomic E-state index is 0.213. The molecule has 1 aromatic carbocycles. The van der Waals surface area contributed by atoms with Crippen LogP contribution in [0.2, 0.25) is 0 Å². The first-order chi connectivity index (χ1) is 7.21. The lowest BCUT2D eigenvalue weighted by Crippen LogP contribution is -2.38. The van der Waals surface area contributed by atoms with Gasteiger partial charge in [-0.3, -0.25) is 0 Å². The third-order valence-electron chi connectivity index (χ3n) is 3.14. The van der Waals surface area contributed by atoms with Crippen molar-refractivity contribution in [3.05, 3.63) is 29.6 Å². The molecule has 0 spiro atoms. The number of halogens is 1. The normalized spacial score (nSPS) is 15.7. The fraction of sp³-hybridized carbons (Fsp3) is 0.538. The highest BCUT2D eigenvalue weighted by Crippen LogP contribution is 2.43. The van der Waals surface area contributed by atoms with Crippen LogP contribution in [0.3, 0.4) is 0 Å². The second kappa shape index (κ2) is 4.06. The van der Waals surface area contributed by atoms with E-state index in [2.05, 4.69) is 0 Å².